The second-order valence-corrected chi connectivity index (χ2v) is 6.34. The standard InChI is InChI=1S/C19H31N3O2.2ClH/c1-3-5-10-22(4-2)14-17-8-6-7-16(12-17)13-21-19(23)18-15-24-11-9-20-18;;/h6-8,12,18,20H,3-5,9-11,13-15H2,1-2H3,(H,21,23);2*1H. The lowest BCUT2D eigenvalue weighted by Crippen LogP contribution is -2.51. The Kier molecular flexibility index (Phi) is 13.8. The fourth-order valence-electron chi connectivity index (χ4n) is 2.87. The molecule has 1 fully saturated rings. The highest BCUT2D eigenvalue weighted by molar-refractivity contribution is 5.85. The number of rotatable bonds is 9. The number of nitrogens with zero attached hydrogens (tertiary/aromatic N) is 1. The van der Waals surface area contributed by atoms with Crippen molar-refractivity contribution in [3.63, 3.8) is 0 Å². The third-order valence-electron chi connectivity index (χ3n) is 4.38. The maximum atomic E-state index is 12.1. The summed E-state index contributed by atoms with van der Waals surface area (Å²) in [6.45, 7) is 10.0. The second kappa shape index (κ2) is 14.2. The van der Waals surface area contributed by atoms with Gasteiger partial charge in [0, 0.05) is 19.6 Å². The zero-order chi connectivity index (χ0) is 17.2. The number of carbonyl (C=O) groups excluding carboxylic acids is 1. The minimum atomic E-state index is -0.230. The lowest BCUT2D eigenvalue weighted by molar-refractivity contribution is -0.126. The van der Waals surface area contributed by atoms with Gasteiger partial charge in [-0.3, -0.25) is 9.69 Å². The Morgan fingerprint density at radius 2 is 2.08 bits per heavy atom. The molecule has 1 aromatic carbocycles. The van der Waals surface area contributed by atoms with Crippen LogP contribution in [0.2, 0.25) is 0 Å². The fourth-order valence-corrected chi connectivity index (χ4v) is 2.87. The molecule has 1 amide bonds. The summed E-state index contributed by atoms with van der Waals surface area (Å²) in [5.74, 6) is 0.0123. The Hall–Kier alpha value is -0.850. The molecule has 1 aromatic rings. The number of ether oxygens (including phenoxy) is 1. The average Bonchev–Trinajstić information content (AvgIpc) is 2.64. The van der Waals surface area contributed by atoms with Gasteiger partial charge in [-0.15, -0.1) is 24.8 Å². The van der Waals surface area contributed by atoms with Gasteiger partial charge in [0.15, 0.2) is 0 Å². The smallest absolute Gasteiger partial charge is 0.239 e. The zero-order valence-corrected chi connectivity index (χ0v) is 17.5. The molecular formula is C19H33Cl2N3O2. The number of halogens is 2. The first kappa shape index (κ1) is 25.1. The number of morpholine rings is 1. The second-order valence-electron chi connectivity index (χ2n) is 6.34. The molecule has 0 radical (unpaired) electrons. The van der Waals surface area contributed by atoms with Crippen molar-refractivity contribution in [2.24, 2.45) is 0 Å². The molecule has 150 valence electrons. The van der Waals surface area contributed by atoms with E-state index in [0.29, 0.717) is 19.8 Å². The molecule has 7 heteroatoms. The predicted molar refractivity (Wildman–Crippen MR) is 111 cm³/mol. The van der Waals surface area contributed by atoms with Crippen molar-refractivity contribution in [2.45, 2.75) is 45.8 Å². The van der Waals surface area contributed by atoms with Gasteiger partial charge >= 0.3 is 0 Å². The lowest BCUT2D eigenvalue weighted by atomic mass is 10.1. The minimum Gasteiger partial charge on any atom is -0.378 e. The minimum absolute atomic E-state index is 0. The Bertz CT molecular complexity index is 511. The highest BCUT2D eigenvalue weighted by Gasteiger charge is 2.20. The van der Waals surface area contributed by atoms with E-state index in [4.69, 9.17) is 4.74 Å². The van der Waals surface area contributed by atoms with Crippen molar-refractivity contribution in [1.29, 1.82) is 0 Å². The van der Waals surface area contributed by atoms with Crippen LogP contribution < -0.4 is 10.6 Å². The van der Waals surface area contributed by atoms with Crippen LogP contribution in [-0.2, 0) is 22.6 Å². The molecule has 0 aliphatic carbocycles. The number of carbonyl (C=O) groups is 1. The van der Waals surface area contributed by atoms with Gasteiger partial charge in [-0.2, -0.15) is 0 Å². The molecule has 1 atom stereocenters. The van der Waals surface area contributed by atoms with Gasteiger partial charge in [-0.05, 0) is 30.6 Å². The lowest BCUT2D eigenvalue weighted by Gasteiger charge is -2.23. The van der Waals surface area contributed by atoms with Crippen molar-refractivity contribution >= 4 is 30.7 Å². The van der Waals surface area contributed by atoms with E-state index in [2.05, 4.69) is 53.6 Å². The Morgan fingerprint density at radius 1 is 1.31 bits per heavy atom. The van der Waals surface area contributed by atoms with Gasteiger partial charge in [0.05, 0.1) is 13.2 Å². The molecule has 1 aliphatic rings. The number of hydrogen-bond donors (Lipinski definition) is 2. The molecule has 0 spiro atoms. The summed E-state index contributed by atoms with van der Waals surface area (Å²) in [7, 11) is 0. The summed E-state index contributed by atoms with van der Waals surface area (Å²) in [4.78, 5) is 14.6. The Morgan fingerprint density at radius 3 is 2.73 bits per heavy atom. The SMILES string of the molecule is CCCCN(CC)Cc1cccc(CNC(=O)C2COCCN2)c1.Cl.Cl. The van der Waals surface area contributed by atoms with Gasteiger partial charge in [-0.1, -0.05) is 44.5 Å². The largest absolute Gasteiger partial charge is 0.378 e. The van der Waals surface area contributed by atoms with E-state index in [-0.39, 0.29) is 36.8 Å². The Balaban J connectivity index is 0.00000312. The molecule has 2 rings (SSSR count). The third-order valence-corrected chi connectivity index (χ3v) is 4.38. The maximum absolute atomic E-state index is 12.1. The molecule has 1 heterocycles. The van der Waals surface area contributed by atoms with Crippen molar-refractivity contribution in [3.8, 4) is 0 Å². The molecule has 0 aromatic heterocycles. The highest BCUT2D eigenvalue weighted by atomic mass is 35.5. The van der Waals surface area contributed by atoms with Crippen LogP contribution in [0.25, 0.3) is 0 Å². The van der Waals surface area contributed by atoms with Crippen LogP contribution in [0.5, 0.6) is 0 Å². The van der Waals surface area contributed by atoms with Crippen LogP contribution in [-0.4, -0.2) is 49.7 Å². The van der Waals surface area contributed by atoms with E-state index in [1.54, 1.807) is 0 Å². The van der Waals surface area contributed by atoms with Gasteiger partial charge < -0.3 is 15.4 Å². The number of nitrogens with one attached hydrogen (secondary N) is 2. The molecule has 0 saturated carbocycles. The van der Waals surface area contributed by atoms with E-state index >= 15 is 0 Å². The van der Waals surface area contributed by atoms with Gasteiger partial charge in [0.1, 0.15) is 6.04 Å². The molecule has 1 aliphatic heterocycles. The summed E-state index contributed by atoms with van der Waals surface area (Å²) in [6.07, 6.45) is 2.46. The number of hydrogen-bond acceptors (Lipinski definition) is 4. The number of benzene rings is 1. The molecule has 2 N–H and O–H groups in total. The summed E-state index contributed by atoms with van der Waals surface area (Å²) >= 11 is 0. The van der Waals surface area contributed by atoms with Crippen LogP contribution in [0.3, 0.4) is 0 Å². The van der Waals surface area contributed by atoms with Gasteiger partial charge in [0.2, 0.25) is 5.91 Å². The first-order chi connectivity index (χ1) is 11.7. The summed E-state index contributed by atoms with van der Waals surface area (Å²) < 4.78 is 5.33. The Labute approximate surface area is 170 Å². The van der Waals surface area contributed by atoms with Crippen LogP contribution in [0, 0.1) is 0 Å². The van der Waals surface area contributed by atoms with E-state index in [9.17, 15) is 4.79 Å². The van der Waals surface area contributed by atoms with Gasteiger partial charge in [0.25, 0.3) is 0 Å². The third kappa shape index (κ3) is 8.69. The van der Waals surface area contributed by atoms with Crippen LogP contribution >= 0.6 is 24.8 Å². The van der Waals surface area contributed by atoms with E-state index in [0.717, 1.165) is 31.7 Å². The first-order valence-electron chi connectivity index (χ1n) is 9.12. The molecule has 1 unspecified atom stereocenters. The van der Waals surface area contributed by atoms with Crippen molar-refractivity contribution in [1.82, 2.24) is 15.5 Å². The molecule has 26 heavy (non-hydrogen) atoms. The van der Waals surface area contributed by atoms with Gasteiger partial charge in [-0.25, -0.2) is 0 Å². The normalized spacial score (nSPS) is 16.5. The predicted octanol–water partition coefficient (Wildman–Crippen LogP) is 2.76. The topological polar surface area (TPSA) is 53.6 Å². The highest BCUT2D eigenvalue weighted by Crippen LogP contribution is 2.09. The quantitative estimate of drug-likeness (QED) is 0.662. The monoisotopic (exact) mass is 405 g/mol. The van der Waals surface area contributed by atoms with Crippen molar-refractivity contribution in [3.05, 3.63) is 35.4 Å². The van der Waals surface area contributed by atoms with E-state index < -0.39 is 0 Å². The molecular weight excluding hydrogens is 373 g/mol. The average molecular weight is 406 g/mol. The van der Waals surface area contributed by atoms with Crippen molar-refractivity contribution < 1.29 is 9.53 Å². The summed E-state index contributed by atoms with van der Waals surface area (Å²) in [5, 5.41) is 6.18. The summed E-state index contributed by atoms with van der Waals surface area (Å²) in [6, 6.07) is 8.27. The van der Waals surface area contributed by atoms with Crippen molar-refractivity contribution in [2.75, 3.05) is 32.8 Å². The van der Waals surface area contributed by atoms with E-state index in [1.165, 1.54) is 18.4 Å². The van der Waals surface area contributed by atoms with E-state index in [1.807, 2.05) is 0 Å². The molecule has 5 nitrogen and oxygen atoms in total. The first-order valence-corrected chi connectivity index (χ1v) is 9.12. The van der Waals surface area contributed by atoms with Crippen LogP contribution in [0.1, 0.15) is 37.8 Å². The number of amides is 1. The molecule has 1 saturated heterocycles. The fraction of sp³-hybridized carbons (Fsp3) is 0.632. The van der Waals surface area contributed by atoms with Crippen LogP contribution in [0.15, 0.2) is 24.3 Å². The maximum Gasteiger partial charge on any atom is 0.239 e. The summed E-state index contributed by atoms with van der Waals surface area (Å²) in [5.41, 5.74) is 2.45. The molecule has 0 bridgehead atoms. The number of unbranched alkanes of at least 4 members (excludes halogenated alkanes) is 1. The zero-order valence-electron chi connectivity index (χ0n) is 15.8. The van der Waals surface area contributed by atoms with Crippen LogP contribution in [0.4, 0.5) is 0 Å².